The van der Waals surface area contributed by atoms with Gasteiger partial charge >= 0.3 is 0 Å². The van der Waals surface area contributed by atoms with E-state index < -0.39 is 0 Å². The second-order valence-corrected chi connectivity index (χ2v) is 7.46. The first-order chi connectivity index (χ1) is 10.1. The summed E-state index contributed by atoms with van der Waals surface area (Å²) >= 11 is 3.67. The molecule has 0 heterocycles. The summed E-state index contributed by atoms with van der Waals surface area (Å²) in [5.41, 5.74) is 1.25. The maximum Gasteiger partial charge on any atom is 0.0963 e. The molecule has 3 atom stereocenters. The first kappa shape index (κ1) is 17.0. The van der Waals surface area contributed by atoms with E-state index >= 15 is 0 Å². The Hall–Kier alpha value is -0.380. The first-order valence-electron chi connectivity index (χ1n) is 8.19. The summed E-state index contributed by atoms with van der Waals surface area (Å²) in [6, 6.07) is 8.90. The SMILES string of the molecule is CC1CCCC(OC(CNC(C)C)c2ccccc2Br)C1. The fraction of sp³-hybridized carbons (Fsp3) is 0.667. The number of hydrogen-bond acceptors (Lipinski definition) is 2. The molecule has 3 heteroatoms. The van der Waals surface area contributed by atoms with Crippen molar-refractivity contribution < 1.29 is 4.74 Å². The predicted octanol–water partition coefficient (Wildman–Crippen LogP) is 5.08. The molecule has 1 aromatic rings. The molecule has 1 aliphatic rings. The molecule has 21 heavy (non-hydrogen) atoms. The molecule has 0 amide bonds. The van der Waals surface area contributed by atoms with Crippen molar-refractivity contribution in [1.82, 2.24) is 5.32 Å². The van der Waals surface area contributed by atoms with Crippen molar-refractivity contribution in [2.75, 3.05) is 6.54 Å². The van der Waals surface area contributed by atoms with Gasteiger partial charge < -0.3 is 10.1 Å². The third-order valence-corrected chi connectivity index (χ3v) is 4.93. The van der Waals surface area contributed by atoms with Crippen LogP contribution in [0.15, 0.2) is 28.7 Å². The summed E-state index contributed by atoms with van der Waals surface area (Å²) < 4.78 is 7.63. The predicted molar refractivity (Wildman–Crippen MR) is 92.5 cm³/mol. The molecule has 3 unspecified atom stereocenters. The molecule has 118 valence electrons. The van der Waals surface area contributed by atoms with Crippen LogP contribution in [-0.4, -0.2) is 18.7 Å². The molecule has 1 saturated carbocycles. The highest BCUT2D eigenvalue weighted by Gasteiger charge is 2.24. The van der Waals surface area contributed by atoms with Crippen LogP contribution >= 0.6 is 15.9 Å². The largest absolute Gasteiger partial charge is 0.369 e. The second-order valence-electron chi connectivity index (χ2n) is 6.60. The number of rotatable bonds is 6. The second kappa shape index (κ2) is 8.30. The van der Waals surface area contributed by atoms with Gasteiger partial charge in [-0.25, -0.2) is 0 Å². The van der Waals surface area contributed by atoms with Gasteiger partial charge in [0, 0.05) is 17.1 Å². The molecule has 0 spiro atoms. The topological polar surface area (TPSA) is 21.3 Å². The van der Waals surface area contributed by atoms with E-state index in [1.54, 1.807) is 0 Å². The molecule has 0 radical (unpaired) electrons. The normalized spacial score (nSPS) is 24.2. The van der Waals surface area contributed by atoms with Gasteiger partial charge in [-0.3, -0.25) is 0 Å². The standard InChI is InChI=1S/C18H28BrNO/c1-13(2)20-12-18(16-9-4-5-10-17(16)19)21-15-8-6-7-14(3)11-15/h4-5,9-10,13-15,18,20H,6-8,11-12H2,1-3H3. The summed E-state index contributed by atoms with van der Waals surface area (Å²) in [6.07, 6.45) is 5.57. The summed E-state index contributed by atoms with van der Waals surface area (Å²) in [6.45, 7) is 7.57. The molecule has 1 aliphatic carbocycles. The Kier molecular flexibility index (Phi) is 6.72. The maximum absolute atomic E-state index is 6.49. The van der Waals surface area contributed by atoms with Crippen LogP contribution in [0.3, 0.4) is 0 Å². The van der Waals surface area contributed by atoms with Gasteiger partial charge in [0.2, 0.25) is 0 Å². The highest BCUT2D eigenvalue weighted by Crippen LogP contribution is 2.32. The number of ether oxygens (including phenoxy) is 1. The summed E-state index contributed by atoms with van der Waals surface area (Å²) in [5, 5.41) is 3.53. The average Bonchev–Trinajstić information content (AvgIpc) is 2.44. The van der Waals surface area contributed by atoms with Crippen LogP contribution in [0.2, 0.25) is 0 Å². The van der Waals surface area contributed by atoms with Crippen molar-refractivity contribution >= 4 is 15.9 Å². The van der Waals surface area contributed by atoms with Gasteiger partial charge in [-0.05, 0) is 30.4 Å². The van der Waals surface area contributed by atoms with E-state index in [9.17, 15) is 0 Å². The average molecular weight is 354 g/mol. The van der Waals surface area contributed by atoms with E-state index in [2.05, 4.69) is 66.3 Å². The minimum atomic E-state index is 0.123. The number of halogens is 1. The van der Waals surface area contributed by atoms with Gasteiger partial charge in [-0.15, -0.1) is 0 Å². The van der Waals surface area contributed by atoms with Crippen molar-refractivity contribution in [1.29, 1.82) is 0 Å². The van der Waals surface area contributed by atoms with E-state index in [1.807, 2.05) is 0 Å². The number of nitrogens with one attached hydrogen (secondary N) is 1. The van der Waals surface area contributed by atoms with Crippen molar-refractivity contribution in [2.24, 2.45) is 5.92 Å². The molecular formula is C18H28BrNO. The van der Waals surface area contributed by atoms with E-state index in [0.717, 1.165) is 16.9 Å². The van der Waals surface area contributed by atoms with Gasteiger partial charge in [0.15, 0.2) is 0 Å². The lowest BCUT2D eigenvalue weighted by Crippen LogP contribution is -2.32. The van der Waals surface area contributed by atoms with E-state index in [0.29, 0.717) is 12.1 Å². The molecule has 1 N–H and O–H groups in total. The van der Waals surface area contributed by atoms with E-state index in [1.165, 1.54) is 31.2 Å². The zero-order chi connectivity index (χ0) is 15.2. The van der Waals surface area contributed by atoms with Crippen LogP contribution in [-0.2, 0) is 4.74 Å². The van der Waals surface area contributed by atoms with Crippen LogP contribution < -0.4 is 5.32 Å². The lowest BCUT2D eigenvalue weighted by molar-refractivity contribution is -0.0404. The van der Waals surface area contributed by atoms with Crippen molar-refractivity contribution in [2.45, 2.75) is 64.7 Å². The highest BCUT2D eigenvalue weighted by molar-refractivity contribution is 9.10. The molecule has 0 saturated heterocycles. The summed E-state index contributed by atoms with van der Waals surface area (Å²) in [4.78, 5) is 0. The fourth-order valence-corrected chi connectivity index (χ4v) is 3.58. The minimum absolute atomic E-state index is 0.123. The smallest absolute Gasteiger partial charge is 0.0963 e. The molecule has 0 bridgehead atoms. The lowest BCUT2D eigenvalue weighted by Gasteiger charge is -2.31. The zero-order valence-electron chi connectivity index (χ0n) is 13.4. The Morgan fingerprint density at radius 2 is 2.05 bits per heavy atom. The third-order valence-electron chi connectivity index (χ3n) is 4.21. The quantitative estimate of drug-likeness (QED) is 0.769. The Labute approximate surface area is 137 Å². The summed E-state index contributed by atoms with van der Waals surface area (Å²) in [5.74, 6) is 0.793. The van der Waals surface area contributed by atoms with Crippen LogP contribution in [0.25, 0.3) is 0 Å². The molecule has 0 aromatic heterocycles. The number of hydrogen-bond donors (Lipinski definition) is 1. The van der Waals surface area contributed by atoms with Gasteiger partial charge in [0.1, 0.15) is 0 Å². The van der Waals surface area contributed by atoms with Crippen LogP contribution in [0.4, 0.5) is 0 Å². The Morgan fingerprint density at radius 3 is 2.71 bits per heavy atom. The maximum atomic E-state index is 6.49. The zero-order valence-corrected chi connectivity index (χ0v) is 15.0. The molecule has 0 aliphatic heterocycles. The van der Waals surface area contributed by atoms with Crippen LogP contribution in [0.5, 0.6) is 0 Å². The van der Waals surface area contributed by atoms with Crippen molar-refractivity contribution in [3.8, 4) is 0 Å². The Balaban J connectivity index is 2.06. The molecule has 2 rings (SSSR count). The van der Waals surface area contributed by atoms with E-state index in [-0.39, 0.29) is 6.10 Å². The van der Waals surface area contributed by atoms with Gasteiger partial charge in [-0.1, -0.05) is 67.7 Å². The monoisotopic (exact) mass is 353 g/mol. The first-order valence-corrected chi connectivity index (χ1v) is 8.98. The van der Waals surface area contributed by atoms with Gasteiger partial charge in [0.05, 0.1) is 12.2 Å². The van der Waals surface area contributed by atoms with Crippen molar-refractivity contribution in [3.05, 3.63) is 34.3 Å². The van der Waals surface area contributed by atoms with Gasteiger partial charge in [0.25, 0.3) is 0 Å². The lowest BCUT2D eigenvalue weighted by atomic mass is 9.88. The Bertz CT molecular complexity index is 435. The molecule has 1 aromatic carbocycles. The highest BCUT2D eigenvalue weighted by atomic mass is 79.9. The fourth-order valence-electron chi connectivity index (χ4n) is 3.04. The third kappa shape index (κ3) is 5.39. The molecule has 1 fully saturated rings. The molecular weight excluding hydrogens is 326 g/mol. The minimum Gasteiger partial charge on any atom is -0.369 e. The van der Waals surface area contributed by atoms with Crippen LogP contribution in [0, 0.1) is 5.92 Å². The molecule has 2 nitrogen and oxygen atoms in total. The van der Waals surface area contributed by atoms with Gasteiger partial charge in [-0.2, -0.15) is 0 Å². The van der Waals surface area contributed by atoms with Crippen LogP contribution in [0.1, 0.15) is 58.1 Å². The Morgan fingerprint density at radius 1 is 1.29 bits per heavy atom. The number of benzene rings is 1. The van der Waals surface area contributed by atoms with Crippen molar-refractivity contribution in [3.63, 3.8) is 0 Å². The summed E-state index contributed by atoms with van der Waals surface area (Å²) in [7, 11) is 0. The van der Waals surface area contributed by atoms with E-state index in [4.69, 9.17) is 4.74 Å².